The molecular weight excluding hydrogens is 379 g/mol. The van der Waals surface area contributed by atoms with Crippen LogP contribution in [0.2, 0.25) is 0 Å². The highest BCUT2D eigenvalue weighted by Crippen LogP contribution is 2.36. The number of hydrogen-bond donors (Lipinski definition) is 1. The molecule has 1 aliphatic rings. The lowest BCUT2D eigenvalue weighted by Gasteiger charge is -2.23. The van der Waals surface area contributed by atoms with Gasteiger partial charge in [-0.3, -0.25) is 9.48 Å². The number of carbonyl (C=O) groups is 1. The largest absolute Gasteiger partial charge is 0.465 e. The molecule has 3 heterocycles. The van der Waals surface area contributed by atoms with Crippen LogP contribution in [-0.4, -0.2) is 41.1 Å². The van der Waals surface area contributed by atoms with Crippen LogP contribution in [0.3, 0.4) is 0 Å². The standard InChI is InChI=1S/C18H16F3N3O4/c1-27-17(26)10-6-11-14(7-13(10)18(19,20)21)23-16(25)12-8-22-24(15(11)12)9-2-4-28-5-3-9/h6-9H,2-5H2,1H3,(H,23,25). The Morgan fingerprint density at radius 1 is 1.29 bits per heavy atom. The van der Waals surface area contributed by atoms with Crippen molar-refractivity contribution >= 4 is 27.8 Å². The maximum Gasteiger partial charge on any atom is 0.417 e. The Labute approximate surface area is 156 Å². The molecule has 10 heteroatoms. The van der Waals surface area contributed by atoms with Crippen molar-refractivity contribution < 1.29 is 27.4 Å². The fourth-order valence-corrected chi connectivity index (χ4v) is 3.61. The first kappa shape index (κ1) is 18.5. The smallest absolute Gasteiger partial charge is 0.417 e. The van der Waals surface area contributed by atoms with Crippen LogP contribution in [0, 0.1) is 0 Å². The number of esters is 1. The number of rotatable bonds is 2. The fraction of sp³-hybridized carbons (Fsp3) is 0.389. The number of hydrogen-bond acceptors (Lipinski definition) is 5. The average Bonchev–Trinajstić information content (AvgIpc) is 3.12. The third kappa shape index (κ3) is 2.93. The Balaban J connectivity index is 2.07. The van der Waals surface area contributed by atoms with E-state index in [-0.39, 0.29) is 16.9 Å². The summed E-state index contributed by atoms with van der Waals surface area (Å²) in [5.74, 6) is -1.11. The van der Waals surface area contributed by atoms with E-state index in [1.54, 1.807) is 4.68 Å². The van der Waals surface area contributed by atoms with Crippen LogP contribution >= 0.6 is 0 Å². The summed E-state index contributed by atoms with van der Waals surface area (Å²) in [6.07, 6.45) is -2.08. The monoisotopic (exact) mass is 395 g/mol. The van der Waals surface area contributed by atoms with Crippen molar-refractivity contribution in [1.82, 2.24) is 14.8 Å². The molecule has 0 atom stereocenters. The van der Waals surface area contributed by atoms with E-state index in [2.05, 4.69) is 14.8 Å². The first-order valence-electron chi connectivity index (χ1n) is 8.61. The lowest BCUT2D eigenvalue weighted by Crippen LogP contribution is -2.21. The number of nitrogens with zero attached hydrogens (tertiary/aromatic N) is 2. The first-order chi connectivity index (χ1) is 13.3. The summed E-state index contributed by atoms with van der Waals surface area (Å²) in [6.45, 7) is 1.05. The molecule has 1 aromatic carbocycles. The zero-order chi connectivity index (χ0) is 20.1. The summed E-state index contributed by atoms with van der Waals surface area (Å²) in [7, 11) is 1.02. The number of pyridine rings is 1. The van der Waals surface area contributed by atoms with E-state index in [1.165, 1.54) is 6.20 Å². The van der Waals surface area contributed by atoms with Gasteiger partial charge in [0, 0.05) is 18.6 Å². The molecule has 0 aliphatic carbocycles. The third-order valence-corrected chi connectivity index (χ3v) is 4.95. The number of carbonyl (C=O) groups excluding carboxylic acids is 1. The van der Waals surface area contributed by atoms with Crippen LogP contribution in [-0.2, 0) is 15.7 Å². The predicted molar refractivity (Wildman–Crippen MR) is 93.3 cm³/mol. The van der Waals surface area contributed by atoms with Gasteiger partial charge in [0.2, 0.25) is 0 Å². The van der Waals surface area contributed by atoms with Gasteiger partial charge >= 0.3 is 12.1 Å². The maximum absolute atomic E-state index is 13.5. The molecule has 0 bridgehead atoms. The summed E-state index contributed by atoms with van der Waals surface area (Å²) in [4.78, 5) is 26.9. The summed E-state index contributed by atoms with van der Waals surface area (Å²) in [5.41, 5.74) is -1.95. The normalized spacial score (nSPS) is 16.0. The molecular formula is C18H16F3N3O4. The number of alkyl halides is 3. The number of aromatic amines is 1. The number of H-pyrrole nitrogens is 1. The van der Waals surface area contributed by atoms with Gasteiger partial charge in [-0.15, -0.1) is 0 Å². The van der Waals surface area contributed by atoms with Crippen molar-refractivity contribution in [1.29, 1.82) is 0 Å². The van der Waals surface area contributed by atoms with Crippen LogP contribution in [0.4, 0.5) is 13.2 Å². The van der Waals surface area contributed by atoms with Crippen LogP contribution in [0.1, 0.15) is 34.8 Å². The van der Waals surface area contributed by atoms with Gasteiger partial charge in [0.25, 0.3) is 5.56 Å². The molecule has 4 rings (SSSR count). The molecule has 1 saturated heterocycles. The van der Waals surface area contributed by atoms with Crippen molar-refractivity contribution in [3.8, 4) is 0 Å². The lowest BCUT2D eigenvalue weighted by atomic mass is 10.0. The molecule has 1 fully saturated rings. The number of aromatic nitrogens is 3. The van der Waals surface area contributed by atoms with Gasteiger partial charge in [0.15, 0.2) is 0 Å². The second-order valence-corrected chi connectivity index (χ2v) is 6.58. The van der Waals surface area contributed by atoms with Crippen LogP contribution < -0.4 is 5.56 Å². The minimum atomic E-state index is -4.79. The number of nitrogens with one attached hydrogen (secondary N) is 1. The molecule has 28 heavy (non-hydrogen) atoms. The highest BCUT2D eigenvalue weighted by atomic mass is 19.4. The molecule has 1 aliphatic heterocycles. The maximum atomic E-state index is 13.5. The molecule has 2 aromatic heterocycles. The summed E-state index contributed by atoms with van der Waals surface area (Å²) >= 11 is 0. The number of ether oxygens (including phenoxy) is 2. The van der Waals surface area contributed by atoms with Crippen molar-refractivity contribution in [2.75, 3.05) is 20.3 Å². The first-order valence-corrected chi connectivity index (χ1v) is 8.61. The van der Waals surface area contributed by atoms with Crippen molar-refractivity contribution in [3.63, 3.8) is 0 Å². The Morgan fingerprint density at radius 3 is 2.64 bits per heavy atom. The molecule has 0 radical (unpaired) electrons. The second kappa shape index (κ2) is 6.62. The van der Waals surface area contributed by atoms with E-state index in [0.717, 1.165) is 19.2 Å². The third-order valence-electron chi connectivity index (χ3n) is 4.95. The number of fused-ring (bicyclic) bond motifs is 3. The average molecular weight is 395 g/mol. The van der Waals surface area contributed by atoms with Crippen molar-refractivity contribution in [3.05, 3.63) is 39.8 Å². The topological polar surface area (TPSA) is 86.2 Å². The van der Waals surface area contributed by atoms with Gasteiger partial charge < -0.3 is 14.5 Å². The SMILES string of the molecule is COC(=O)c1cc2c(cc1C(F)(F)F)[nH]c(=O)c1cnn(C3CCOCC3)c12. The van der Waals surface area contributed by atoms with E-state index in [1.807, 2.05) is 0 Å². The van der Waals surface area contributed by atoms with Gasteiger partial charge in [0.05, 0.1) is 46.9 Å². The molecule has 0 unspecified atom stereocenters. The Morgan fingerprint density at radius 2 is 2.00 bits per heavy atom. The molecule has 148 valence electrons. The number of methoxy groups -OCH3 is 1. The van der Waals surface area contributed by atoms with E-state index < -0.39 is 28.8 Å². The summed E-state index contributed by atoms with van der Waals surface area (Å²) in [5, 5.41) is 4.84. The Kier molecular flexibility index (Phi) is 4.37. The van der Waals surface area contributed by atoms with Gasteiger partial charge in [0.1, 0.15) is 0 Å². The van der Waals surface area contributed by atoms with E-state index >= 15 is 0 Å². The highest BCUT2D eigenvalue weighted by molar-refractivity contribution is 6.07. The van der Waals surface area contributed by atoms with E-state index in [4.69, 9.17) is 4.74 Å². The Bertz CT molecular complexity index is 1130. The molecule has 7 nitrogen and oxygen atoms in total. The summed E-state index contributed by atoms with van der Waals surface area (Å²) < 4.78 is 51.9. The molecule has 3 aromatic rings. The van der Waals surface area contributed by atoms with Gasteiger partial charge in [-0.05, 0) is 25.0 Å². The van der Waals surface area contributed by atoms with Gasteiger partial charge in [-0.2, -0.15) is 18.3 Å². The number of halogens is 3. The van der Waals surface area contributed by atoms with E-state index in [0.29, 0.717) is 37.0 Å². The molecule has 1 N–H and O–H groups in total. The molecule has 0 saturated carbocycles. The number of benzene rings is 1. The van der Waals surface area contributed by atoms with E-state index in [9.17, 15) is 22.8 Å². The summed E-state index contributed by atoms with van der Waals surface area (Å²) in [6, 6.07) is 1.82. The predicted octanol–water partition coefficient (Wildman–Crippen LogP) is 3.03. The Hall–Kier alpha value is -2.88. The van der Waals surface area contributed by atoms with Crippen molar-refractivity contribution in [2.45, 2.75) is 25.1 Å². The zero-order valence-corrected chi connectivity index (χ0v) is 14.8. The highest BCUT2D eigenvalue weighted by Gasteiger charge is 2.36. The van der Waals surface area contributed by atoms with Crippen LogP contribution in [0.25, 0.3) is 21.8 Å². The molecule has 0 amide bonds. The van der Waals surface area contributed by atoms with Gasteiger partial charge in [-0.1, -0.05) is 0 Å². The van der Waals surface area contributed by atoms with Crippen LogP contribution in [0.5, 0.6) is 0 Å². The molecule has 0 spiro atoms. The minimum absolute atomic E-state index is 0.0220. The lowest BCUT2D eigenvalue weighted by molar-refractivity contribution is -0.138. The fourth-order valence-electron chi connectivity index (χ4n) is 3.61. The second-order valence-electron chi connectivity index (χ2n) is 6.58. The van der Waals surface area contributed by atoms with Crippen molar-refractivity contribution in [2.24, 2.45) is 0 Å². The van der Waals surface area contributed by atoms with Gasteiger partial charge in [-0.25, -0.2) is 4.79 Å². The van der Waals surface area contributed by atoms with Crippen LogP contribution in [0.15, 0.2) is 23.1 Å². The minimum Gasteiger partial charge on any atom is -0.465 e. The zero-order valence-electron chi connectivity index (χ0n) is 14.8. The quantitative estimate of drug-likeness (QED) is 0.674.